The summed E-state index contributed by atoms with van der Waals surface area (Å²) in [5.41, 5.74) is -0.642. The largest absolute Gasteiger partial charge is 0.381 e. The van der Waals surface area contributed by atoms with Crippen LogP contribution in [0.5, 0.6) is 0 Å². The van der Waals surface area contributed by atoms with E-state index in [1.54, 1.807) is 6.92 Å². The summed E-state index contributed by atoms with van der Waals surface area (Å²) in [4.78, 5) is 11.4. The highest BCUT2D eigenvalue weighted by atomic mass is 19.1. The predicted molar refractivity (Wildman–Crippen MR) is 52.9 cm³/mol. The summed E-state index contributed by atoms with van der Waals surface area (Å²) < 4.78 is 18.8. The minimum absolute atomic E-state index is 0.0534. The van der Waals surface area contributed by atoms with Crippen LogP contribution in [-0.4, -0.2) is 25.2 Å². The lowest BCUT2D eigenvalue weighted by molar-refractivity contribution is -0.119. The van der Waals surface area contributed by atoms with E-state index in [9.17, 15) is 9.18 Å². The van der Waals surface area contributed by atoms with Gasteiger partial charge in [-0.2, -0.15) is 0 Å². The van der Waals surface area contributed by atoms with Gasteiger partial charge in [0.25, 0.3) is 0 Å². The van der Waals surface area contributed by atoms with Crippen LogP contribution in [0.2, 0.25) is 0 Å². The summed E-state index contributed by atoms with van der Waals surface area (Å²) >= 11 is 0. The predicted octanol–water partition coefficient (Wildman–Crippen LogP) is 2.29. The lowest BCUT2D eigenvalue weighted by Gasteiger charge is -2.31. The molecule has 1 aliphatic rings. The molecule has 80 valence electrons. The molecular weight excluding hydrogens is 183 g/mol. The van der Waals surface area contributed by atoms with E-state index in [4.69, 9.17) is 4.74 Å². The number of allylic oxidation sites excluding steroid dienone is 2. The minimum atomic E-state index is -1.40. The molecule has 14 heavy (non-hydrogen) atoms. The maximum absolute atomic E-state index is 14.0. The SMILES string of the molecule is COCC(C)(F)C1CC=C(C)C(=O)C1. The van der Waals surface area contributed by atoms with Crippen LogP contribution in [0.3, 0.4) is 0 Å². The number of hydrogen-bond donors (Lipinski definition) is 0. The number of Topliss-reactive ketones (excluding diaryl/α,β-unsaturated/α-hetero) is 1. The molecule has 0 aromatic rings. The average molecular weight is 200 g/mol. The Labute approximate surface area is 84.1 Å². The van der Waals surface area contributed by atoms with E-state index in [-0.39, 0.29) is 18.3 Å². The van der Waals surface area contributed by atoms with Gasteiger partial charge in [0, 0.05) is 19.4 Å². The molecule has 0 saturated heterocycles. The van der Waals surface area contributed by atoms with E-state index in [1.807, 2.05) is 6.08 Å². The summed E-state index contributed by atoms with van der Waals surface area (Å²) in [5.74, 6) is -0.181. The number of ether oxygens (including phenoxy) is 1. The van der Waals surface area contributed by atoms with Crippen LogP contribution in [0.1, 0.15) is 26.7 Å². The van der Waals surface area contributed by atoms with Crippen LogP contribution in [0, 0.1) is 5.92 Å². The van der Waals surface area contributed by atoms with E-state index in [2.05, 4.69) is 0 Å². The van der Waals surface area contributed by atoms with Crippen LogP contribution in [0.4, 0.5) is 4.39 Å². The van der Waals surface area contributed by atoms with Crippen molar-refractivity contribution in [1.82, 2.24) is 0 Å². The van der Waals surface area contributed by atoms with Gasteiger partial charge in [0.2, 0.25) is 0 Å². The Bertz CT molecular complexity index is 256. The van der Waals surface area contributed by atoms with E-state index >= 15 is 0 Å². The Morgan fingerprint density at radius 3 is 2.86 bits per heavy atom. The van der Waals surface area contributed by atoms with E-state index in [0.29, 0.717) is 12.8 Å². The molecule has 0 aromatic carbocycles. The standard InChI is InChI=1S/C11H17FO2/c1-8-4-5-9(6-10(8)13)11(2,12)7-14-3/h4,9H,5-7H2,1-3H3. The van der Waals surface area contributed by atoms with Crippen LogP contribution in [0.15, 0.2) is 11.6 Å². The third-order valence-corrected chi connectivity index (χ3v) is 2.86. The molecular formula is C11H17FO2. The average Bonchev–Trinajstić information content (AvgIpc) is 2.09. The van der Waals surface area contributed by atoms with Gasteiger partial charge in [-0.15, -0.1) is 0 Å². The Morgan fingerprint density at radius 2 is 2.36 bits per heavy atom. The van der Waals surface area contributed by atoms with Crippen molar-refractivity contribution in [3.05, 3.63) is 11.6 Å². The summed E-state index contributed by atoms with van der Waals surface area (Å²) in [5, 5.41) is 0. The smallest absolute Gasteiger partial charge is 0.158 e. The molecule has 0 fully saturated rings. The van der Waals surface area contributed by atoms with E-state index in [1.165, 1.54) is 14.0 Å². The van der Waals surface area contributed by atoms with Crippen molar-refractivity contribution < 1.29 is 13.9 Å². The molecule has 2 unspecified atom stereocenters. The van der Waals surface area contributed by atoms with Crippen LogP contribution in [-0.2, 0) is 9.53 Å². The van der Waals surface area contributed by atoms with Gasteiger partial charge in [-0.1, -0.05) is 6.08 Å². The van der Waals surface area contributed by atoms with Gasteiger partial charge >= 0.3 is 0 Å². The van der Waals surface area contributed by atoms with Crippen LogP contribution in [0.25, 0.3) is 0 Å². The van der Waals surface area contributed by atoms with Crippen molar-refractivity contribution in [3.8, 4) is 0 Å². The topological polar surface area (TPSA) is 26.3 Å². The fourth-order valence-corrected chi connectivity index (χ4v) is 1.76. The third-order valence-electron chi connectivity index (χ3n) is 2.86. The molecule has 2 atom stereocenters. The maximum atomic E-state index is 14.0. The Balaban J connectivity index is 2.68. The van der Waals surface area contributed by atoms with Gasteiger partial charge in [0.15, 0.2) is 5.78 Å². The Morgan fingerprint density at radius 1 is 1.71 bits per heavy atom. The summed E-state index contributed by atoms with van der Waals surface area (Å²) in [6.07, 6.45) is 2.76. The second-order valence-electron chi connectivity index (χ2n) is 4.16. The number of halogens is 1. The fraction of sp³-hybridized carbons (Fsp3) is 0.727. The first-order valence-electron chi connectivity index (χ1n) is 4.85. The number of carbonyl (C=O) groups is 1. The number of carbonyl (C=O) groups excluding carboxylic acids is 1. The lowest BCUT2D eigenvalue weighted by atomic mass is 9.79. The lowest BCUT2D eigenvalue weighted by Crippen LogP contribution is -2.37. The molecule has 0 spiro atoms. The molecule has 0 heterocycles. The summed E-state index contributed by atoms with van der Waals surface area (Å²) in [6, 6.07) is 0. The molecule has 1 aliphatic carbocycles. The number of methoxy groups -OCH3 is 1. The first kappa shape index (κ1) is 11.4. The van der Waals surface area contributed by atoms with Crippen molar-refractivity contribution >= 4 is 5.78 Å². The first-order valence-corrected chi connectivity index (χ1v) is 4.85. The second-order valence-corrected chi connectivity index (χ2v) is 4.16. The second kappa shape index (κ2) is 4.22. The molecule has 0 radical (unpaired) electrons. The molecule has 0 bridgehead atoms. The van der Waals surface area contributed by atoms with Crippen molar-refractivity contribution in [3.63, 3.8) is 0 Å². The maximum Gasteiger partial charge on any atom is 0.158 e. The summed E-state index contributed by atoms with van der Waals surface area (Å²) in [6.45, 7) is 3.34. The van der Waals surface area contributed by atoms with Gasteiger partial charge < -0.3 is 4.74 Å². The highest BCUT2D eigenvalue weighted by molar-refractivity contribution is 5.95. The zero-order valence-electron chi connectivity index (χ0n) is 8.97. The monoisotopic (exact) mass is 200 g/mol. The molecule has 0 aromatic heterocycles. The number of alkyl halides is 1. The van der Waals surface area contributed by atoms with Gasteiger partial charge in [0.1, 0.15) is 5.67 Å². The molecule has 0 saturated carbocycles. The van der Waals surface area contributed by atoms with Crippen molar-refractivity contribution in [2.75, 3.05) is 13.7 Å². The molecule has 0 aliphatic heterocycles. The minimum Gasteiger partial charge on any atom is -0.381 e. The molecule has 3 heteroatoms. The van der Waals surface area contributed by atoms with Crippen LogP contribution < -0.4 is 0 Å². The molecule has 2 nitrogen and oxygen atoms in total. The zero-order valence-corrected chi connectivity index (χ0v) is 8.97. The van der Waals surface area contributed by atoms with Crippen molar-refractivity contribution in [2.24, 2.45) is 5.92 Å². The van der Waals surface area contributed by atoms with E-state index < -0.39 is 5.67 Å². The Hall–Kier alpha value is -0.700. The van der Waals surface area contributed by atoms with Crippen molar-refractivity contribution in [1.29, 1.82) is 0 Å². The van der Waals surface area contributed by atoms with Gasteiger partial charge in [0.05, 0.1) is 6.61 Å². The van der Waals surface area contributed by atoms with Gasteiger partial charge in [-0.3, -0.25) is 4.79 Å². The number of rotatable bonds is 3. The Kier molecular flexibility index (Phi) is 3.43. The first-order chi connectivity index (χ1) is 6.47. The number of ketones is 1. The highest BCUT2D eigenvalue weighted by Crippen LogP contribution is 2.33. The number of hydrogen-bond acceptors (Lipinski definition) is 2. The van der Waals surface area contributed by atoms with Gasteiger partial charge in [-0.25, -0.2) is 4.39 Å². The molecule has 0 N–H and O–H groups in total. The van der Waals surface area contributed by atoms with Crippen molar-refractivity contribution in [2.45, 2.75) is 32.4 Å². The van der Waals surface area contributed by atoms with Crippen LogP contribution >= 0.6 is 0 Å². The fourth-order valence-electron chi connectivity index (χ4n) is 1.76. The van der Waals surface area contributed by atoms with E-state index in [0.717, 1.165) is 5.57 Å². The zero-order chi connectivity index (χ0) is 10.8. The quantitative estimate of drug-likeness (QED) is 0.698. The highest BCUT2D eigenvalue weighted by Gasteiger charge is 2.36. The third kappa shape index (κ3) is 2.41. The molecule has 0 amide bonds. The van der Waals surface area contributed by atoms with Gasteiger partial charge in [-0.05, 0) is 25.8 Å². The molecule has 1 rings (SSSR count). The normalized spacial score (nSPS) is 27.0. The summed E-state index contributed by atoms with van der Waals surface area (Å²) in [7, 11) is 1.48.